The SMILES string of the molecule is COc1cccc(OCC(=O)N(CCCN2CCOCC2)c2nc3ccc(C)cc3s2)c1. The van der Waals surface area contributed by atoms with Crippen LogP contribution in [0.2, 0.25) is 0 Å². The van der Waals surface area contributed by atoms with E-state index in [9.17, 15) is 4.79 Å². The van der Waals surface area contributed by atoms with Crippen LogP contribution in [0.4, 0.5) is 5.13 Å². The molecule has 0 bridgehead atoms. The molecule has 1 amide bonds. The Morgan fingerprint density at radius 1 is 1.19 bits per heavy atom. The van der Waals surface area contributed by atoms with Gasteiger partial charge in [0.2, 0.25) is 0 Å². The number of aromatic nitrogens is 1. The number of rotatable bonds is 9. The fourth-order valence-electron chi connectivity index (χ4n) is 3.65. The monoisotopic (exact) mass is 455 g/mol. The average molecular weight is 456 g/mol. The number of nitrogens with zero attached hydrogens (tertiary/aromatic N) is 3. The number of aryl methyl sites for hydroxylation is 1. The molecule has 170 valence electrons. The summed E-state index contributed by atoms with van der Waals surface area (Å²) in [6.07, 6.45) is 0.861. The number of anilines is 1. The number of hydrogen-bond donors (Lipinski definition) is 0. The highest BCUT2D eigenvalue weighted by Crippen LogP contribution is 2.30. The third-order valence-electron chi connectivity index (χ3n) is 5.43. The van der Waals surface area contributed by atoms with E-state index in [2.05, 4.69) is 17.9 Å². The van der Waals surface area contributed by atoms with Gasteiger partial charge in [0.05, 0.1) is 30.5 Å². The summed E-state index contributed by atoms with van der Waals surface area (Å²) >= 11 is 1.55. The fraction of sp³-hybridized carbons (Fsp3) is 0.417. The number of methoxy groups -OCH3 is 1. The summed E-state index contributed by atoms with van der Waals surface area (Å²) in [7, 11) is 1.61. The van der Waals surface area contributed by atoms with Gasteiger partial charge in [-0.1, -0.05) is 23.5 Å². The first-order chi connectivity index (χ1) is 15.6. The Hall–Kier alpha value is -2.68. The minimum absolute atomic E-state index is 0.0559. The second kappa shape index (κ2) is 10.8. The number of fused-ring (bicyclic) bond motifs is 1. The number of benzene rings is 2. The van der Waals surface area contributed by atoms with E-state index < -0.39 is 0 Å². The molecular weight excluding hydrogens is 426 g/mol. The molecule has 2 heterocycles. The van der Waals surface area contributed by atoms with Gasteiger partial charge in [-0.15, -0.1) is 0 Å². The largest absolute Gasteiger partial charge is 0.497 e. The van der Waals surface area contributed by atoms with E-state index >= 15 is 0 Å². The van der Waals surface area contributed by atoms with E-state index in [1.165, 1.54) is 5.56 Å². The highest BCUT2D eigenvalue weighted by molar-refractivity contribution is 7.22. The molecule has 1 aromatic heterocycles. The zero-order chi connectivity index (χ0) is 22.3. The normalized spacial score (nSPS) is 14.4. The molecule has 0 N–H and O–H groups in total. The number of amides is 1. The summed E-state index contributed by atoms with van der Waals surface area (Å²) in [6.45, 7) is 6.94. The van der Waals surface area contributed by atoms with E-state index in [0.717, 1.165) is 49.5 Å². The summed E-state index contributed by atoms with van der Waals surface area (Å²) in [4.78, 5) is 22.1. The van der Waals surface area contributed by atoms with Crippen LogP contribution < -0.4 is 14.4 Å². The van der Waals surface area contributed by atoms with Crippen LogP contribution in [0.3, 0.4) is 0 Å². The predicted molar refractivity (Wildman–Crippen MR) is 127 cm³/mol. The maximum Gasteiger partial charge on any atom is 0.266 e. The van der Waals surface area contributed by atoms with E-state index in [4.69, 9.17) is 19.2 Å². The van der Waals surface area contributed by atoms with Gasteiger partial charge in [-0.3, -0.25) is 14.6 Å². The van der Waals surface area contributed by atoms with Gasteiger partial charge < -0.3 is 14.2 Å². The Labute approximate surface area is 192 Å². The van der Waals surface area contributed by atoms with Crippen LogP contribution in [0, 0.1) is 6.92 Å². The van der Waals surface area contributed by atoms with Crippen molar-refractivity contribution in [1.82, 2.24) is 9.88 Å². The lowest BCUT2D eigenvalue weighted by Gasteiger charge is -2.27. The van der Waals surface area contributed by atoms with Crippen LogP contribution in [0.5, 0.6) is 11.5 Å². The molecule has 0 radical (unpaired) electrons. The lowest BCUT2D eigenvalue weighted by Crippen LogP contribution is -2.40. The van der Waals surface area contributed by atoms with Gasteiger partial charge in [0.25, 0.3) is 5.91 Å². The molecule has 8 heteroatoms. The Morgan fingerprint density at radius 2 is 2.00 bits per heavy atom. The van der Waals surface area contributed by atoms with Crippen molar-refractivity contribution in [2.24, 2.45) is 0 Å². The van der Waals surface area contributed by atoms with Crippen molar-refractivity contribution in [2.45, 2.75) is 13.3 Å². The van der Waals surface area contributed by atoms with Gasteiger partial charge in [-0.05, 0) is 43.2 Å². The Bertz CT molecular complexity index is 1050. The highest BCUT2D eigenvalue weighted by Gasteiger charge is 2.21. The summed E-state index contributed by atoms with van der Waals surface area (Å²) < 4.78 is 17.5. The fourth-order valence-corrected chi connectivity index (χ4v) is 4.76. The van der Waals surface area contributed by atoms with Crippen molar-refractivity contribution in [3.8, 4) is 11.5 Å². The highest BCUT2D eigenvalue weighted by atomic mass is 32.1. The molecule has 1 aliphatic heterocycles. The van der Waals surface area contributed by atoms with Gasteiger partial charge in [0, 0.05) is 32.2 Å². The van der Waals surface area contributed by atoms with Crippen molar-refractivity contribution < 1.29 is 19.0 Å². The molecule has 0 aliphatic carbocycles. The van der Waals surface area contributed by atoms with Gasteiger partial charge >= 0.3 is 0 Å². The third kappa shape index (κ3) is 5.76. The molecule has 4 rings (SSSR count). The molecule has 3 aromatic rings. The average Bonchev–Trinajstić information content (AvgIpc) is 3.24. The summed E-state index contributed by atoms with van der Waals surface area (Å²) in [5, 5.41) is 0.715. The number of hydrogen-bond acceptors (Lipinski definition) is 7. The summed E-state index contributed by atoms with van der Waals surface area (Å²) in [6, 6.07) is 13.4. The lowest BCUT2D eigenvalue weighted by molar-refractivity contribution is -0.120. The van der Waals surface area contributed by atoms with Crippen LogP contribution in [0.25, 0.3) is 10.2 Å². The van der Waals surface area contributed by atoms with E-state index in [0.29, 0.717) is 23.2 Å². The van der Waals surface area contributed by atoms with Crippen LogP contribution in [0.1, 0.15) is 12.0 Å². The molecule has 7 nitrogen and oxygen atoms in total. The van der Waals surface area contributed by atoms with Gasteiger partial charge in [0.1, 0.15) is 11.5 Å². The molecule has 0 unspecified atom stereocenters. The summed E-state index contributed by atoms with van der Waals surface area (Å²) in [5.41, 5.74) is 2.09. The van der Waals surface area contributed by atoms with Crippen molar-refractivity contribution in [3.05, 3.63) is 48.0 Å². The van der Waals surface area contributed by atoms with Crippen LogP contribution in [0.15, 0.2) is 42.5 Å². The molecule has 0 atom stereocenters. The maximum absolute atomic E-state index is 13.2. The third-order valence-corrected chi connectivity index (χ3v) is 6.47. The zero-order valence-electron chi connectivity index (χ0n) is 18.6. The first-order valence-electron chi connectivity index (χ1n) is 10.9. The Morgan fingerprint density at radius 3 is 2.81 bits per heavy atom. The quantitative estimate of drug-likeness (QED) is 0.490. The van der Waals surface area contributed by atoms with Crippen LogP contribution in [-0.2, 0) is 9.53 Å². The van der Waals surface area contributed by atoms with Crippen LogP contribution >= 0.6 is 11.3 Å². The Balaban J connectivity index is 1.46. The van der Waals surface area contributed by atoms with Crippen molar-refractivity contribution in [3.63, 3.8) is 0 Å². The molecule has 1 saturated heterocycles. The van der Waals surface area contributed by atoms with E-state index in [1.54, 1.807) is 29.4 Å². The zero-order valence-corrected chi connectivity index (χ0v) is 19.4. The minimum Gasteiger partial charge on any atom is -0.497 e. The molecule has 1 aliphatic rings. The van der Waals surface area contributed by atoms with Gasteiger partial charge in [-0.2, -0.15) is 0 Å². The lowest BCUT2D eigenvalue weighted by atomic mass is 10.2. The van der Waals surface area contributed by atoms with Gasteiger partial charge in [-0.25, -0.2) is 4.98 Å². The number of thiazole rings is 1. The van der Waals surface area contributed by atoms with Crippen molar-refractivity contribution in [2.75, 3.05) is 58.0 Å². The minimum atomic E-state index is -0.106. The second-order valence-corrected chi connectivity index (χ2v) is 8.80. The van der Waals surface area contributed by atoms with E-state index in [-0.39, 0.29) is 12.5 Å². The molecule has 2 aromatic carbocycles. The van der Waals surface area contributed by atoms with Crippen LogP contribution in [-0.4, -0.2) is 68.9 Å². The topological polar surface area (TPSA) is 64.1 Å². The van der Waals surface area contributed by atoms with Crippen molar-refractivity contribution in [1.29, 1.82) is 0 Å². The first-order valence-corrected chi connectivity index (χ1v) is 11.7. The smallest absolute Gasteiger partial charge is 0.266 e. The number of ether oxygens (including phenoxy) is 3. The number of carbonyl (C=O) groups is 1. The standard InChI is InChI=1S/C24H29N3O4S/c1-18-7-8-21-22(15-18)32-24(25-21)27(10-4-9-26-11-13-30-14-12-26)23(28)17-31-20-6-3-5-19(16-20)29-2/h3,5-8,15-16H,4,9-14,17H2,1-2H3. The van der Waals surface area contributed by atoms with Crippen molar-refractivity contribution >= 4 is 32.6 Å². The first kappa shape index (κ1) is 22.5. The second-order valence-electron chi connectivity index (χ2n) is 7.79. The number of morpholine rings is 1. The number of carbonyl (C=O) groups excluding carboxylic acids is 1. The predicted octanol–water partition coefficient (Wildman–Crippen LogP) is 3.75. The maximum atomic E-state index is 13.2. The molecule has 0 spiro atoms. The van der Waals surface area contributed by atoms with E-state index in [1.807, 2.05) is 30.3 Å². The molecule has 0 saturated carbocycles. The summed E-state index contributed by atoms with van der Waals surface area (Å²) in [5.74, 6) is 1.19. The Kier molecular flexibility index (Phi) is 7.57. The molecular formula is C24H29N3O4S. The molecule has 1 fully saturated rings. The molecule has 32 heavy (non-hydrogen) atoms. The van der Waals surface area contributed by atoms with Gasteiger partial charge in [0.15, 0.2) is 11.7 Å².